The van der Waals surface area contributed by atoms with Crippen LogP contribution in [-0.4, -0.2) is 35.6 Å². The topological polar surface area (TPSA) is 55.3 Å². The van der Waals surface area contributed by atoms with Crippen molar-refractivity contribution < 1.29 is 9.53 Å². The lowest BCUT2D eigenvalue weighted by molar-refractivity contribution is -0.141. The van der Waals surface area contributed by atoms with Crippen molar-refractivity contribution in [2.24, 2.45) is 0 Å². The number of anilines is 1. The lowest BCUT2D eigenvalue weighted by atomic mass is 10.2. The minimum absolute atomic E-state index is 0.209. The van der Waals surface area contributed by atoms with E-state index in [0.717, 1.165) is 23.0 Å². The summed E-state index contributed by atoms with van der Waals surface area (Å²) < 4.78 is 5.75. The Bertz CT molecular complexity index is 382. The monoisotopic (exact) mass is 333 g/mol. The molecule has 1 aromatic heterocycles. The zero-order valence-corrected chi connectivity index (χ0v) is 11.0. The number of rotatable bonds is 2. The quantitative estimate of drug-likeness (QED) is 0.602. The van der Waals surface area contributed by atoms with Crippen molar-refractivity contribution >= 4 is 34.5 Å². The number of ether oxygens (including phenoxy) is 1. The van der Waals surface area contributed by atoms with E-state index in [-0.39, 0.29) is 12.0 Å². The first-order valence-corrected chi connectivity index (χ1v) is 6.12. The van der Waals surface area contributed by atoms with Gasteiger partial charge in [0.15, 0.2) is 0 Å². The Morgan fingerprint density at radius 1 is 1.56 bits per heavy atom. The van der Waals surface area contributed by atoms with E-state index in [4.69, 9.17) is 4.74 Å². The fraction of sp³-hybridized carbons (Fsp3) is 0.500. The van der Waals surface area contributed by atoms with E-state index in [0.29, 0.717) is 5.95 Å². The first-order chi connectivity index (χ1) is 7.72. The molecule has 0 bridgehead atoms. The molecule has 5 nitrogen and oxygen atoms in total. The molecule has 0 amide bonds. The van der Waals surface area contributed by atoms with E-state index in [2.05, 4.69) is 32.6 Å². The Labute approximate surface area is 107 Å². The highest BCUT2D eigenvalue weighted by Gasteiger charge is 2.33. The zero-order chi connectivity index (χ0) is 11.5. The van der Waals surface area contributed by atoms with E-state index in [9.17, 15) is 4.79 Å². The highest BCUT2D eigenvalue weighted by Crippen LogP contribution is 2.22. The van der Waals surface area contributed by atoms with Crippen LogP contribution in [0.3, 0.4) is 0 Å². The van der Waals surface area contributed by atoms with Crippen LogP contribution in [0.5, 0.6) is 0 Å². The van der Waals surface area contributed by atoms with Gasteiger partial charge in [-0.05, 0) is 35.4 Å². The minimum Gasteiger partial charge on any atom is -0.467 e. The van der Waals surface area contributed by atoms with Gasteiger partial charge in [-0.1, -0.05) is 0 Å². The summed E-state index contributed by atoms with van der Waals surface area (Å²) in [6, 6.07) is -0.231. The third-order valence-electron chi connectivity index (χ3n) is 2.59. The fourth-order valence-corrected chi connectivity index (χ4v) is 2.12. The summed E-state index contributed by atoms with van der Waals surface area (Å²) in [5.74, 6) is 0.396. The maximum absolute atomic E-state index is 11.5. The summed E-state index contributed by atoms with van der Waals surface area (Å²) in [4.78, 5) is 21.9. The molecule has 0 aromatic carbocycles. The second-order valence-corrected chi connectivity index (χ2v) is 4.82. The summed E-state index contributed by atoms with van der Waals surface area (Å²) in [5, 5.41) is 0. The third-order valence-corrected chi connectivity index (χ3v) is 3.15. The minimum atomic E-state index is -0.231. The molecule has 16 heavy (non-hydrogen) atoms. The Hall–Kier alpha value is -0.920. The second-order valence-electron chi connectivity index (χ2n) is 3.58. The smallest absolute Gasteiger partial charge is 0.328 e. The summed E-state index contributed by atoms with van der Waals surface area (Å²) in [7, 11) is 1.41. The summed E-state index contributed by atoms with van der Waals surface area (Å²) >= 11 is 2.15. The molecule has 6 heteroatoms. The van der Waals surface area contributed by atoms with Crippen LogP contribution in [-0.2, 0) is 9.53 Å². The van der Waals surface area contributed by atoms with Crippen molar-refractivity contribution in [3.8, 4) is 0 Å². The van der Waals surface area contributed by atoms with Crippen LogP contribution in [0.2, 0.25) is 0 Å². The van der Waals surface area contributed by atoms with Gasteiger partial charge in [-0.25, -0.2) is 14.8 Å². The van der Waals surface area contributed by atoms with Gasteiger partial charge in [0.2, 0.25) is 5.95 Å². The summed E-state index contributed by atoms with van der Waals surface area (Å²) in [6.45, 7) is 0.806. The number of nitrogens with zero attached hydrogens (tertiary/aromatic N) is 3. The van der Waals surface area contributed by atoms with Gasteiger partial charge in [-0.15, -0.1) is 0 Å². The van der Waals surface area contributed by atoms with Crippen LogP contribution in [0.25, 0.3) is 0 Å². The molecule has 2 heterocycles. The predicted molar refractivity (Wildman–Crippen MR) is 67.1 cm³/mol. The first kappa shape index (κ1) is 11.6. The van der Waals surface area contributed by atoms with Gasteiger partial charge in [-0.2, -0.15) is 0 Å². The molecular weight excluding hydrogens is 321 g/mol. The molecule has 1 fully saturated rings. The molecule has 1 unspecified atom stereocenters. The molecule has 1 atom stereocenters. The van der Waals surface area contributed by atoms with Crippen LogP contribution in [0.1, 0.15) is 12.8 Å². The van der Waals surface area contributed by atoms with E-state index in [1.54, 1.807) is 12.4 Å². The van der Waals surface area contributed by atoms with Crippen molar-refractivity contribution in [1.29, 1.82) is 0 Å². The Kier molecular flexibility index (Phi) is 3.57. The van der Waals surface area contributed by atoms with E-state index < -0.39 is 0 Å². The van der Waals surface area contributed by atoms with Crippen LogP contribution < -0.4 is 4.90 Å². The lowest BCUT2D eigenvalue weighted by Gasteiger charge is -2.22. The van der Waals surface area contributed by atoms with Gasteiger partial charge >= 0.3 is 5.97 Å². The Morgan fingerprint density at radius 3 is 2.88 bits per heavy atom. The molecule has 0 spiro atoms. The summed E-state index contributed by atoms with van der Waals surface area (Å²) in [5.41, 5.74) is 0. The van der Waals surface area contributed by atoms with Crippen LogP contribution >= 0.6 is 22.6 Å². The standard InChI is InChI=1S/C10H12IN3O2/c1-16-9(15)8-3-2-4-14(8)10-12-5-7(11)6-13-10/h5-6,8H,2-4H2,1H3. The molecule has 1 aliphatic rings. The molecule has 0 N–H and O–H groups in total. The first-order valence-electron chi connectivity index (χ1n) is 5.04. The molecule has 0 aliphatic carbocycles. The van der Waals surface area contributed by atoms with Crippen LogP contribution in [0.4, 0.5) is 5.95 Å². The number of carbonyl (C=O) groups is 1. The van der Waals surface area contributed by atoms with E-state index >= 15 is 0 Å². The fourth-order valence-electron chi connectivity index (χ4n) is 1.84. The normalized spacial score (nSPS) is 19.9. The number of aromatic nitrogens is 2. The molecule has 1 aromatic rings. The predicted octanol–water partition coefficient (Wildman–Crippen LogP) is 1.22. The lowest BCUT2D eigenvalue weighted by Crippen LogP contribution is -2.37. The molecule has 86 valence electrons. The maximum Gasteiger partial charge on any atom is 0.328 e. The van der Waals surface area contributed by atoms with Crippen molar-refractivity contribution in [3.05, 3.63) is 16.0 Å². The van der Waals surface area contributed by atoms with Crippen molar-refractivity contribution in [2.75, 3.05) is 18.6 Å². The number of hydrogen-bond acceptors (Lipinski definition) is 5. The SMILES string of the molecule is COC(=O)C1CCCN1c1ncc(I)cn1. The van der Waals surface area contributed by atoms with Crippen LogP contribution in [0.15, 0.2) is 12.4 Å². The van der Waals surface area contributed by atoms with Crippen molar-refractivity contribution in [1.82, 2.24) is 9.97 Å². The second kappa shape index (κ2) is 4.94. The number of esters is 1. The van der Waals surface area contributed by atoms with Crippen molar-refractivity contribution in [3.63, 3.8) is 0 Å². The van der Waals surface area contributed by atoms with Gasteiger partial charge in [0.25, 0.3) is 0 Å². The molecule has 1 saturated heterocycles. The van der Waals surface area contributed by atoms with Gasteiger partial charge in [0.05, 0.1) is 7.11 Å². The molecule has 1 aliphatic heterocycles. The number of carbonyl (C=O) groups excluding carboxylic acids is 1. The van der Waals surface area contributed by atoms with Gasteiger partial charge < -0.3 is 9.64 Å². The molecular formula is C10H12IN3O2. The third kappa shape index (κ3) is 2.26. The van der Waals surface area contributed by atoms with E-state index in [1.165, 1.54) is 7.11 Å². The highest BCUT2D eigenvalue weighted by atomic mass is 127. The van der Waals surface area contributed by atoms with Crippen LogP contribution in [0, 0.1) is 3.57 Å². The molecule has 2 rings (SSSR count). The Morgan fingerprint density at radius 2 is 2.25 bits per heavy atom. The largest absolute Gasteiger partial charge is 0.467 e. The zero-order valence-electron chi connectivity index (χ0n) is 8.89. The van der Waals surface area contributed by atoms with Crippen molar-refractivity contribution in [2.45, 2.75) is 18.9 Å². The van der Waals surface area contributed by atoms with Gasteiger partial charge in [0, 0.05) is 22.5 Å². The number of halogens is 1. The molecule has 0 radical (unpaired) electrons. The van der Waals surface area contributed by atoms with Gasteiger partial charge in [-0.3, -0.25) is 0 Å². The number of methoxy groups -OCH3 is 1. The highest BCUT2D eigenvalue weighted by molar-refractivity contribution is 14.1. The summed E-state index contributed by atoms with van der Waals surface area (Å²) in [6.07, 6.45) is 5.27. The Balaban J connectivity index is 2.19. The molecule has 0 saturated carbocycles. The average Bonchev–Trinajstić information content (AvgIpc) is 2.78. The number of hydrogen-bond donors (Lipinski definition) is 0. The van der Waals surface area contributed by atoms with Gasteiger partial charge in [0.1, 0.15) is 6.04 Å². The maximum atomic E-state index is 11.5. The van der Waals surface area contributed by atoms with E-state index in [1.807, 2.05) is 4.90 Å². The average molecular weight is 333 g/mol.